The van der Waals surface area contributed by atoms with Gasteiger partial charge in [-0.2, -0.15) is 5.10 Å². The molecule has 0 bridgehead atoms. The molecule has 0 saturated heterocycles. The minimum atomic E-state index is 0.710. The molecule has 0 amide bonds. The minimum absolute atomic E-state index is 0.710. The Bertz CT molecular complexity index is 1540. The van der Waals surface area contributed by atoms with Gasteiger partial charge >= 0.3 is 0 Å². The lowest BCUT2D eigenvalue weighted by atomic mass is 10.1. The zero-order valence-corrected chi connectivity index (χ0v) is 17.3. The lowest BCUT2D eigenvalue weighted by molar-refractivity contribution is 0.415. The molecule has 0 radical (unpaired) electrons. The summed E-state index contributed by atoms with van der Waals surface area (Å²) in [7, 11) is 1.65. The quantitative estimate of drug-likeness (QED) is 0.411. The molecule has 0 aliphatic rings. The highest BCUT2D eigenvalue weighted by molar-refractivity contribution is 6.01. The molecule has 3 heterocycles. The Morgan fingerprint density at radius 2 is 1.44 bits per heavy atom. The molecular formula is C25H18N6O. The third-order valence-electron chi connectivity index (χ3n) is 5.47. The van der Waals surface area contributed by atoms with E-state index in [0.29, 0.717) is 11.5 Å². The fraction of sp³-hybridized carbons (Fsp3) is 0.0400. The van der Waals surface area contributed by atoms with Crippen LogP contribution in [0.3, 0.4) is 0 Å². The molecule has 0 aliphatic carbocycles. The summed E-state index contributed by atoms with van der Waals surface area (Å²) < 4.78 is 9.05. The molecule has 0 unspecified atom stereocenters. The van der Waals surface area contributed by atoms with Crippen LogP contribution < -0.4 is 4.74 Å². The summed E-state index contributed by atoms with van der Waals surface area (Å²) in [5.41, 5.74) is 5.12. The van der Waals surface area contributed by atoms with Crippen molar-refractivity contribution < 1.29 is 4.74 Å². The van der Waals surface area contributed by atoms with Gasteiger partial charge in [-0.15, -0.1) is 10.2 Å². The lowest BCUT2D eigenvalue weighted by Gasteiger charge is -2.04. The van der Waals surface area contributed by atoms with Gasteiger partial charge in [0.1, 0.15) is 17.8 Å². The predicted molar refractivity (Wildman–Crippen MR) is 123 cm³/mol. The average Bonchev–Trinajstić information content (AvgIpc) is 3.47. The van der Waals surface area contributed by atoms with Crippen LogP contribution in [0, 0.1) is 0 Å². The van der Waals surface area contributed by atoms with Crippen LogP contribution in [0.4, 0.5) is 0 Å². The maximum Gasteiger partial charge on any atom is 0.175 e. The number of hydrogen-bond acceptors (Lipinski definition) is 5. The van der Waals surface area contributed by atoms with E-state index in [9.17, 15) is 0 Å². The Kier molecular flexibility index (Phi) is 4.18. The number of benzene rings is 3. The van der Waals surface area contributed by atoms with E-state index in [2.05, 4.69) is 10.2 Å². The Balaban J connectivity index is 1.64. The van der Waals surface area contributed by atoms with Gasteiger partial charge in [-0.05, 0) is 36.4 Å². The second-order valence-electron chi connectivity index (χ2n) is 7.35. The van der Waals surface area contributed by atoms with E-state index in [4.69, 9.17) is 14.8 Å². The Labute approximate surface area is 183 Å². The Hall–Kier alpha value is -4.52. The first-order valence-corrected chi connectivity index (χ1v) is 10.2. The summed E-state index contributed by atoms with van der Waals surface area (Å²) in [6, 6.07) is 27.8. The molecule has 0 N–H and O–H groups in total. The predicted octanol–water partition coefficient (Wildman–Crippen LogP) is 4.81. The average molecular weight is 418 g/mol. The highest BCUT2D eigenvalue weighted by Gasteiger charge is 2.21. The van der Waals surface area contributed by atoms with Gasteiger partial charge in [0, 0.05) is 11.1 Å². The van der Waals surface area contributed by atoms with Gasteiger partial charge in [-0.3, -0.25) is 4.40 Å². The summed E-state index contributed by atoms with van der Waals surface area (Å²) in [5.74, 6) is 1.50. The van der Waals surface area contributed by atoms with Crippen LogP contribution in [0.1, 0.15) is 0 Å². The zero-order valence-electron chi connectivity index (χ0n) is 17.3. The van der Waals surface area contributed by atoms with Crippen LogP contribution in [0.2, 0.25) is 0 Å². The largest absolute Gasteiger partial charge is 0.497 e. The van der Waals surface area contributed by atoms with E-state index in [-0.39, 0.29) is 0 Å². The van der Waals surface area contributed by atoms with Crippen molar-refractivity contribution in [3.8, 4) is 34.1 Å². The standard InChI is InChI=1S/C25H18N6O/c1-32-20-14-12-18(13-15-20)23-27-28-25-21-22(17-8-4-2-5-9-17)29-31(19-10-6-3-7-11-19)24(21)26-16-30(23)25/h2-16H,1H3. The number of fused-ring (bicyclic) bond motifs is 3. The van der Waals surface area contributed by atoms with E-state index >= 15 is 0 Å². The van der Waals surface area contributed by atoms with Crippen LogP contribution in [0.5, 0.6) is 5.75 Å². The van der Waals surface area contributed by atoms with Gasteiger partial charge in [0.15, 0.2) is 17.1 Å². The second-order valence-corrected chi connectivity index (χ2v) is 7.35. The number of rotatable bonds is 4. The van der Waals surface area contributed by atoms with Gasteiger partial charge in [-0.25, -0.2) is 9.67 Å². The molecule has 0 atom stereocenters. The molecule has 3 aromatic heterocycles. The first-order chi connectivity index (χ1) is 15.8. The monoisotopic (exact) mass is 418 g/mol. The van der Waals surface area contributed by atoms with Gasteiger partial charge < -0.3 is 4.74 Å². The van der Waals surface area contributed by atoms with Crippen molar-refractivity contribution in [2.75, 3.05) is 7.11 Å². The van der Waals surface area contributed by atoms with Gasteiger partial charge in [0.25, 0.3) is 0 Å². The van der Waals surface area contributed by atoms with Crippen molar-refractivity contribution >= 4 is 16.7 Å². The lowest BCUT2D eigenvalue weighted by Crippen LogP contribution is -1.98. The van der Waals surface area contributed by atoms with Gasteiger partial charge in [-0.1, -0.05) is 48.5 Å². The zero-order chi connectivity index (χ0) is 21.5. The normalized spacial score (nSPS) is 11.3. The van der Waals surface area contributed by atoms with E-state index in [1.165, 1.54) is 0 Å². The molecule has 0 aliphatic heterocycles. The number of para-hydroxylation sites is 1. The van der Waals surface area contributed by atoms with Crippen LogP contribution in [0.25, 0.3) is 45.0 Å². The molecule has 0 spiro atoms. The fourth-order valence-corrected chi connectivity index (χ4v) is 3.90. The molecule has 6 aromatic rings. The number of hydrogen-bond donors (Lipinski definition) is 0. The first-order valence-electron chi connectivity index (χ1n) is 10.2. The van der Waals surface area contributed by atoms with Crippen LogP contribution >= 0.6 is 0 Å². The molecule has 3 aromatic carbocycles. The maximum absolute atomic E-state index is 5.27. The number of methoxy groups -OCH3 is 1. The molecular weight excluding hydrogens is 400 g/mol. The molecule has 0 saturated carbocycles. The molecule has 0 fully saturated rings. The van der Waals surface area contributed by atoms with E-state index < -0.39 is 0 Å². The summed E-state index contributed by atoms with van der Waals surface area (Å²) in [5, 5.41) is 14.8. The topological polar surface area (TPSA) is 70.1 Å². The van der Waals surface area contributed by atoms with Crippen molar-refractivity contribution in [1.29, 1.82) is 0 Å². The van der Waals surface area contributed by atoms with Crippen molar-refractivity contribution in [3.63, 3.8) is 0 Å². The third-order valence-corrected chi connectivity index (χ3v) is 5.47. The van der Waals surface area contributed by atoms with E-state index in [1.807, 2.05) is 94.0 Å². The van der Waals surface area contributed by atoms with E-state index in [0.717, 1.165) is 39.3 Å². The summed E-state index contributed by atoms with van der Waals surface area (Å²) in [6.45, 7) is 0. The summed E-state index contributed by atoms with van der Waals surface area (Å²) >= 11 is 0. The summed E-state index contributed by atoms with van der Waals surface area (Å²) in [4.78, 5) is 4.78. The van der Waals surface area contributed by atoms with Gasteiger partial charge in [0.2, 0.25) is 0 Å². The van der Waals surface area contributed by atoms with Crippen LogP contribution in [-0.4, -0.2) is 36.5 Å². The highest BCUT2D eigenvalue weighted by atomic mass is 16.5. The first kappa shape index (κ1) is 18.3. The molecule has 6 rings (SSSR count). The number of aromatic nitrogens is 6. The van der Waals surface area contributed by atoms with Gasteiger partial charge in [0.05, 0.1) is 18.2 Å². The van der Waals surface area contributed by atoms with Crippen LogP contribution in [-0.2, 0) is 0 Å². The second kappa shape index (κ2) is 7.31. The SMILES string of the molecule is COc1ccc(-c2nnc3c4c(-c5ccccc5)nn(-c5ccccc5)c4ncn23)cc1. The van der Waals surface area contributed by atoms with Crippen molar-refractivity contribution in [3.05, 3.63) is 91.3 Å². The smallest absolute Gasteiger partial charge is 0.175 e. The Morgan fingerprint density at radius 3 is 2.16 bits per heavy atom. The van der Waals surface area contributed by atoms with Crippen LogP contribution in [0.15, 0.2) is 91.3 Å². The maximum atomic E-state index is 5.27. The minimum Gasteiger partial charge on any atom is -0.497 e. The van der Waals surface area contributed by atoms with Crippen molar-refractivity contribution in [2.24, 2.45) is 0 Å². The summed E-state index contributed by atoms with van der Waals surface area (Å²) in [6.07, 6.45) is 1.76. The molecule has 7 heteroatoms. The third kappa shape index (κ3) is 2.83. The molecule has 32 heavy (non-hydrogen) atoms. The van der Waals surface area contributed by atoms with Crippen molar-refractivity contribution in [1.82, 2.24) is 29.4 Å². The van der Waals surface area contributed by atoms with Crippen molar-refractivity contribution in [2.45, 2.75) is 0 Å². The highest BCUT2D eigenvalue weighted by Crippen LogP contribution is 2.32. The fourth-order valence-electron chi connectivity index (χ4n) is 3.90. The van der Waals surface area contributed by atoms with E-state index in [1.54, 1.807) is 13.4 Å². The Morgan fingerprint density at radius 1 is 0.719 bits per heavy atom. The number of ether oxygens (including phenoxy) is 1. The molecule has 7 nitrogen and oxygen atoms in total. The molecule has 154 valence electrons. The number of nitrogens with zero attached hydrogens (tertiary/aromatic N) is 6.